The maximum absolute atomic E-state index is 12.7. The van der Waals surface area contributed by atoms with E-state index in [9.17, 15) is 4.79 Å². The van der Waals surface area contributed by atoms with Crippen LogP contribution in [0.25, 0.3) is 6.08 Å². The first-order valence-electron chi connectivity index (χ1n) is 12.6. The van der Waals surface area contributed by atoms with Gasteiger partial charge < -0.3 is 24.1 Å². The van der Waals surface area contributed by atoms with Gasteiger partial charge >= 0.3 is 0 Å². The lowest BCUT2D eigenvalue weighted by Crippen LogP contribution is -2.41. The van der Waals surface area contributed by atoms with E-state index in [2.05, 4.69) is 44.6 Å². The van der Waals surface area contributed by atoms with Crippen molar-refractivity contribution in [2.75, 3.05) is 52.7 Å². The van der Waals surface area contributed by atoms with Gasteiger partial charge in [-0.05, 0) is 23.3 Å². The van der Waals surface area contributed by atoms with Crippen molar-refractivity contribution >= 4 is 12.0 Å². The van der Waals surface area contributed by atoms with Gasteiger partial charge in [0.15, 0.2) is 23.0 Å². The molecule has 5 rings (SSSR count). The van der Waals surface area contributed by atoms with Crippen molar-refractivity contribution in [3.05, 3.63) is 83.3 Å². The predicted octanol–water partition coefficient (Wildman–Crippen LogP) is 3.18. The molecule has 0 bridgehead atoms. The third-order valence-corrected chi connectivity index (χ3v) is 6.37. The number of amides is 1. The molecule has 194 valence electrons. The zero-order valence-corrected chi connectivity index (χ0v) is 20.8. The number of hydrogen-bond donors (Lipinski definition) is 1. The molecule has 1 amide bonds. The average molecular weight is 505 g/mol. The van der Waals surface area contributed by atoms with Gasteiger partial charge in [-0.2, -0.15) is 0 Å². The van der Waals surface area contributed by atoms with Crippen LogP contribution in [-0.2, 0) is 17.8 Å². The lowest BCUT2D eigenvalue weighted by Gasteiger charge is -2.29. The number of ether oxygens (including phenoxy) is 3. The number of benzene rings is 2. The van der Waals surface area contributed by atoms with Crippen LogP contribution in [0.3, 0.4) is 0 Å². The normalized spacial score (nSPS) is 15.5. The van der Waals surface area contributed by atoms with E-state index in [4.69, 9.17) is 18.7 Å². The zero-order chi connectivity index (χ0) is 25.3. The molecule has 0 atom stereocenters. The van der Waals surface area contributed by atoms with E-state index >= 15 is 0 Å². The maximum Gasteiger partial charge on any atom is 0.273 e. The first-order chi connectivity index (χ1) is 18.2. The van der Waals surface area contributed by atoms with Crippen LogP contribution < -0.4 is 14.8 Å². The number of carbonyl (C=O) groups is 1. The molecule has 9 nitrogen and oxygen atoms in total. The van der Waals surface area contributed by atoms with E-state index < -0.39 is 0 Å². The second kappa shape index (κ2) is 12.5. The van der Waals surface area contributed by atoms with Crippen molar-refractivity contribution in [2.45, 2.75) is 13.1 Å². The Bertz CT molecular complexity index is 1190. The molecule has 1 saturated heterocycles. The van der Waals surface area contributed by atoms with Gasteiger partial charge in [-0.25, -0.2) is 0 Å². The van der Waals surface area contributed by atoms with E-state index in [0.29, 0.717) is 30.3 Å². The summed E-state index contributed by atoms with van der Waals surface area (Å²) in [6.07, 6.45) is 4.28. The van der Waals surface area contributed by atoms with Crippen LogP contribution in [0.1, 0.15) is 27.4 Å². The number of nitrogens with one attached hydrogen (secondary N) is 1. The van der Waals surface area contributed by atoms with E-state index in [1.54, 1.807) is 6.07 Å². The Morgan fingerprint density at radius 3 is 2.76 bits per heavy atom. The summed E-state index contributed by atoms with van der Waals surface area (Å²) in [5, 5.41) is 6.91. The standard InChI is InChI=1S/C28H32N4O5/c33-28(29-19-23-8-9-26-27(17-23)36-21-35-26)25-18-24(37-30-25)20-32(12-11-31-13-15-34-16-14-31)10-4-7-22-5-2-1-3-6-22/h1-9,17-18H,10-16,19-21H2,(H,29,33). The molecule has 1 fully saturated rings. The number of fused-ring (bicyclic) bond motifs is 1. The van der Waals surface area contributed by atoms with Gasteiger partial charge in [-0.1, -0.05) is 53.7 Å². The summed E-state index contributed by atoms with van der Waals surface area (Å²) in [4.78, 5) is 17.4. The molecule has 9 heteroatoms. The summed E-state index contributed by atoms with van der Waals surface area (Å²) in [5.41, 5.74) is 2.35. The van der Waals surface area contributed by atoms with Crippen molar-refractivity contribution in [3.8, 4) is 11.5 Å². The number of hydrogen-bond acceptors (Lipinski definition) is 8. The molecule has 3 aromatic rings. The van der Waals surface area contributed by atoms with Gasteiger partial charge in [-0.15, -0.1) is 0 Å². The molecule has 1 aromatic heterocycles. The van der Waals surface area contributed by atoms with E-state index in [1.165, 1.54) is 0 Å². The second-order valence-electron chi connectivity index (χ2n) is 9.05. The Morgan fingerprint density at radius 1 is 1.05 bits per heavy atom. The summed E-state index contributed by atoms with van der Waals surface area (Å²) in [7, 11) is 0. The van der Waals surface area contributed by atoms with Crippen LogP contribution >= 0.6 is 0 Å². The number of nitrogens with zero attached hydrogens (tertiary/aromatic N) is 3. The van der Waals surface area contributed by atoms with Gasteiger partial charge in [0, 0.05) is 45.3 Å². The Kier molecular flexibility index (Phi) is 8.47. The lowest BCUT2D eigenvalue weighted by molar-refractivity contribution is 0.0331. The molecule has 0 unspecified atom stereocenters. The number of aromatic nitrogens is 1. The van der Waals surface area contributed by atoms with Crippen LogP contribution in [0.15, 0.2) is 65.2 Å². The summed E-state index contributed by atoms with van der Waals surface area (Å²) < 4.78 is 21.7. The minimum absolute atomic E-state index is 0.221. The van der Waals surface area contributed by atoms with Crippen molar-refractivity contribution in [1.29, 1.82) is 0 Å². The Hall–Kier alpha value is -3.66. The van der Waals surface area contributed by atoms with E-state index in [-0.39, 0.29) is 18.4 Å². The van der Waals surface area contributed by atoms with Crippen molar-refractivity contribution in [3.63, 3.8) is 0 Å². The fourth-order valence-electron chi connectivity index (χ4n) is 4.28. The summed E-state index contributed by atoms with van der Waals surface area (Å²) >= 11 is 0. The van der Waals surface area contributed by atoms with Crippen LogP contribution in [-0.4, -0.2) is 73.6 Å². The predicted molar refractivity (Wildman–Crippen MR) is 138 cm³/mol. The van der Waals surface area contributed by atoms with E-state index in [0.717, 1.165) is 57.1 Å². The zero-order valence-electron chi connectivity index (χ0n) is 20.8. The average Bonchev–Trinajstić information content (AvgIpc) is 3.61. The number of carbonyl (C=O) groups excluding carboxylic acids is 1. The fourth-order valence-corrected chi connectivity index (χ4v) is 4.28. The highest BCUT2D eigenvalue weighted by molar-refractivity contribution is 5.92. The van der Waals surface area contributed by atoms with E-state index in [1.807, 2.05) is 36.4 Å². The Balaban J connectivity index is 1.16. The SMILES string of the molecule is O=C(NCc1ccc2c(c1)OCO2)c1cc(CN(CC=Cc2ccccc2)CCN2CCOCC2)on1. The third kappa shape index (κ3) is 7.19. The quantitative estimate of drug-likeness (QED) is 0.426. The molecule has 0 aliphatic carbocycles. The minimum atomic E-state index is -0.281. The maximum atomic E-state index is 12.7. The molecule has 2 aliphatic rings. The lowest BCUT2D eigenvalue weighted by atomic mass is 10.2. The van der Waals surface area contributed by atoms with Gasteiger partial charge in [0.1, 0.15) is 0 Å². The third-order valence-electron chi connectivity index (χ3n) is 6.37. The molecular formula is C28H32N4O5. The highest BCUT2D eigenvalue weighted by Crippen LogP contribution is 2.32. The van der Waals surface area contributed by atoms with Crippen LogP contribution in [0.4, 0.5) is 0 Å². The van der Waals surface area contributed by atoms with Crippen LogP contribution in [0.5, 0.6) is 11.5 Å². The molecule has 0 radical (unpaired) electrons. The summed E-state index contributed by atoms with van der Waals surface area (Å²) in [5.74, 6) is 1.78. The van der Waals surface area contributed by atoms with Gasteiger partial charge in [-0.3, -0.25) is 14.6 Å². The summed E-state index contributed by atoms with van der Waals surface area (Å²) in [6.45, 7) is 7.16. The van der Waals surface area contributed by atoms with Crippen molar-refractivity contribution in [2.24, 2.45) is 0 Å². The second-order valence-corrected chi connectivity index (χ2v) is 9.05. The van der Waals surface area contributed by atoms with Crippen molar-refractivity contribution < 1.29 is 23.5 Å². The van der Waals surface area contributed by atoms with Gasteiger partial charge in [0.2, 0.25) is 6.79 Å². The fraction of sp³-hybridized carbons (Fsp3) is 0.357. The molecule has 2 aromatic carbocycles. The first-order valence-corrected chi connectivity index (χ1v) is 12.6. The molecular weight excluding hydrogens is 472 g/mol. The molecule has 0 spiro atoms. The molecule has 0 saturated carbocycles. The molecule has 3 heterocycles. The highest BCUT2D eigenvalue weighted by atomic mass is 16.7. The van der Waals surface area contributed by atoms with Gasteiger partial charge in [0.05, 0.1) is 19.8 Å². The van der Waals surface area contributed by atoms with Crippen LogP contribution in [0, 0.1) is 0 Å². The first kappa shape index (κ1) is 25.0. The number of morpholine rings is 1. The monoisotopic (exact) mass is 504 g/mol. The number of rotatable bonds is 11. The Labute approximate surface area is 216 Å². The topological polar surface area (TPSA) is 89.3 Å². The van der Waals surface area contributed by atoms with Crippen molar-refractivity contribution in [1.82, 2.24) is 20.3 Å². The molecule has 1 N–H and O–H groups in total. The highest BCUT2D eigenvalue weighted by Gasteiger charge is 2.18. The largest absolute Gasteiger partial charge is 0.454 e. The summed E-state index contributed by atoms with van der Waals surface area (Å²) in [6, 6.07) is 17.6. The van der Waals surface area contributed by atoms with Crippen LogP contribution in [0.2, 0.25) is 0 Å². The minimum Gasteiger partial charge on any atom is -0.454 e. The smallest absolute Gasteiger partial charge is 0.273 e. The molecule has 2 aliphatic heterocycles. The molecule has 37 heavy (non-hydrogen) atoms. The van der Waals surface area contributed by atoms with Gasteiger partial charge in [0.25, 0.3) is 5.91 Å². The Morgan fingerprint density at radius 2 is 1.89 bits per heavy atom.